The van der Waals surface area contributed by atoms with Gasteiger partial charge in [-0.25, -0.2) is 5.43 Å². The smallest absolute Gasteiger partial charge is 0.277 e. The lowest BCUT2D eigenvalue weighted by Gasteiger charge is -2.23. The molecule has 0 bridgehead atoms. The van der Waals surface area contributed by atoms with Gasteiger partial charge in [-0.3, -0.25) is 29.8 Å². The van der Waals surface area contributed by atoms with Crippen LogP contribution in [0.4, 0.5) is 11.4 Å². The van der Waals surface area contributed by atoms with Crippen LogP contribution >= 0.6 is 0 Å². The minimum Gasteiger partial charge on any atom is -0.327 e. The van der Waals surface area contributed by atoms with E-state index in [1.54, 1.807) is 6.92 Å². The molecule has 188 valence electrons. The standard InChI is InChI=1S/C26H23N5O6/c1-17(18-9-11-20(12-10-18)19-6-3-2-4-7-19)27-28-25(32)24-8-5-13-29(24)26(33)21-14-22(30(34)35)16-23(15-21)31(36)37/h2-4,6-7,9-12,14-16,24H,5,8,13H2,1H3,(H,28,32)/b27-17+. The van der Waals surface area contributed by atoms with Gasteiger partial charge in [0.1, 0.15) is 6.04 Å². The van der Waals surface area contributed by atoms with Gasteiger partial charge in [0.25, 0.3) is 23.2 Å². The van der Waals surface area contributed by atoms with Crippen LogP contribution in [0.2, 0.25) is 0 Å². The summed E-state index contributed by atoms with van der Waals surface area (Å²) in [6, 6.07) is 19.5. The van der Waals surface area contributed by atoms with E-state index in [0.717, 1.165) is 34.9 Å². The lowest BCUT2D eigenvalue weighted by molar-refractivity contribution is -0.394. The third-order valence-corrected chi connectivity index (χ3v) is 6.13. The number of hydrogen-bond donors (Lipinski definition) is 1. The second kappa shape index (κ2) is 10.8. The Morgan fingerprint density at radius 1 is 0.892 bits per heavy atom. The molecular weight excluding hydrogens is 478 g/mol. The van der Waals surface area contributed by atoms with E-state index < -0.39 is 39.1 Å². The molecule has 2 amide bonds. The third kappa shape index (κ3) is 5.67. The predicted octanol–water partition coefficient (Wildman–Crippen LogP) is 4.32. The maximum atomic E-state index is 13.1. The van der Waals surface area contributed by atoms with Gasteiger partial charge in [-0.2, -0.15) is 5.10 Å². The highest BCUT2D eigenvalue weighted by atomic mass is 16.6. The predicted molar refractivity (Wildman–Crippen MR) is 136 cm³/mol. The van der Waals surface area contributed by atoms with Crippen molar-refractivity contribution in [3.63, 3.8) is 0 Å². The molecule has 3 aromatic rings. The zero-order valence-corrected chi connectivity index (χ0v) is 19.9. The number of amides is 2. The summed E-state index contributed by atoms with van der Waals surface area (Å²) in [5.74, 6) is -1.20. The molecule has 4 rings (SSSR count). The number of likely N-dealkylation sites (tertiary alicyclic amines) is 1. The van der Waals surface area contributed by atoms with E-state index in [0.29, 0.717) is 18.6 Å². The molecule has 37 heavy (non-hydrogen) atoms. The number of non-ortho nitro benzene ring substituents is 2. The average Bonchev–Trinajstić information content (AvgIpc) is 3.41. The molecule has 1 N–H and O–H groups in total. The van der Waals surface area contributed by atoms with Gasteiger partial charge in [0, 0.05) is 18.7 Å². The van der Waals surface area contributed by atoms with Gasteiger partial charge in [0.2, 0.25) is 0 Å². The molecule has 1 aliphatic rings. The minimum absolute atomic E-state index is 0.223. The van der Waals surface area contributed by atoms with Crippen molar-refractivity contribution in [1.29, 1.82) is 0 Å². The number of nitrogens with one attached hydrogen (secondary N) is 1. The Morgan fingerprint density at radius 2 is 1.49 bits per heavy atom. The minimum atomic E-state index is -0.858. The van der Waals surface area contributed by atoms with Gasteiger partial charge < -0.3 is 4.90 Å². The van der Waals surface area contributed by atoms with E-state index in [2.05, 4.69) is 10.5 Å². The van der Waals surface area contributed by atoms with Crippen LogP contribution in [0.1, 0.15) is 35.7 Å². The maximum absolute atomic E-state index is 13.1. The summed E-state index contributed by atoms with van der Waals surface area (Å²) in [7, 11) is 0. The van der Waals surface area contributed by atoms with Crippen LogP contribution in [0, 0.1) is 20.2 Å². The highest BCUT2D eigenvalue weighted by molar-refractivity contribution is 6.01. The van der Waals surface area contributed by atoms with Gasteiger partial charge in [0.15, 0.2) is 0 Å². The van der Waals surface area contributed by atoms with Crippen LogP contribution in [0.15, 0.2) is 77.9 Å². The number of nitrogens with zero attached hydrogens (tertiary/aromatic N) is 4. The summed E-state index contributed by atoms with van der Waals surface area (Å²) >= 11 is 0. The summed E-state index contributed by atoms with van der Waals surface area (Å²) in [5.41, 5.74) is 4.64. The Bertz CT molecular complexity index is 1360. The van der Waals surface area contributed by atoms with E-state index in [9.17, 15) is 29.8 Å². The van der Waals surface area contributed by atoms with Crippen LogP contribution in [0.25, 0.3) is 11.1 Å². The van der Waals surface area contributed by atoms with Crippen molar-refractivity contribution in [1.82, 2.24) is 10.3 Å². The van der Waals surface area contributed by atoms with Gasteiger partial charge in [0.05, 0.1) is 27.2 Å². The number of benzene rings is 3. The van der Waals surface area contributed by atoms with Crippen LogP contribution in [-0.2, 0) is 4.79 Å². The van der Waals surface area contributed by atoms with Crippen molar-refractivity contribution in [3.05, 3.63) is 104 Å². The Morgan fingerprint density at radius 3 is 2.08 bits per heavy atom. The first-order valence-electron chi connectivity index (χ1n) is 11.5. The quantitative estimate of drug-likeness (QED) is 0.290. The Balaban J connectivity index is 1.47. The molecule has 1 fully saturated rings. The van der Waals surface area contributed by atoms with E-state index in [1.807, 2.05) is 54.6 Å². The molecule has 1 unspecified atom stereocenters. The first-order valence-corrected chi connectivity index (χ1v) is 11.5. The monoisotopic (exact) mass is 501 g/mol. The number of hydrazone groups is 1. The Hall–Kier alpha value is -4.93. The SMILES string of the molecule is C/C(=N\NC(=O)C1CCCN1C(=O)c1cc([N+](=O)[O-])cc([N+](=O)[O-])c1)c1ccc(-c2ccccc2)cc1. The topological polar surface area (TPSA) is 148 Å². The van der Waals surface area contributed by atoms with Crippen molar-refractivity contribution in [2.24, 2.45) is 5.10 Å². The van der Waals surface area contributed by atoms with Crippen molar-refractivity contribution in [3.8, 4) is 11.1 Å². The lowest BCUT2D eigenvalue weighted by Crippen LogP contribution is -2.44. The molecule has 0 spiro atoms. The van der Waals surface area contributed by atoms with Crippen LogP contribution < -0.4 is 5.43 Å². The van der Waals surface area contributed by atoms with Crippen molar-refractivity contribution >= 4 is 28.9 Å². The number of carbonyl (C=O) groups is 2. The number of nitro benzene ring substituents is 2. The molecule has 1 aliphatic heterocycles. The summed E-state index contributed by atoms with van der Waals surface area (Å²) in [4.78, 5) is 48.0. The molecule has 0 radical (unpaired) electrons. The molecule has 11 heteroatoms. The summed E-state index contributed by atoms with van der Waals surface area (Å²) in [5, 5.41) is 26.5. The number of carbonyl (C=O) groups excluding carboxylic acids is 2. The summed E-state index contributed by atoms with van der Waals surface area (Å²) in [6.07, 6.45) is 0.902. The number of hydrogen-bond acceptors (Lipinski definition) is 7. The molecule has 1 heterocycles. The highest BCUT2D eigenvalue weighted by Crippen LogP contribution is 2.27. The molecule has 11 nitrogen and oxygen atoms in total. The molecule has 0 aliphatic carbocycles. The molecule has 1 saturated heterocycles. The molecule has 0 saturated carbocycles. The van der Waals surface area contributed by atoms with Gasteiger partial charge in [-0.05, 0) is 36.5 Å². The second-order valence-electron chi connectivity index (χ2n) is 8.53. The summed E-state index contributed by atoms with van der Waals surface area (Å²) < 4.78 is 0. The summed E-state index contributed by atoms with van der Waals surface area (Å²) in [6.45, 7) is 1.98. The Kier molecular flexibility index (Phi) is 7.33. The van der Waals surface area contributed by atoms with E-state index in [-0.39, 0.29) is 12.1 Å². The van der Waals surface area contributed by atoms with E-state index in [4.69, 9.17) is 0 Å². The van der Waals surface area contributed by atoms with Gasteiger partial charge >= 0.3 is 0 Å². The maximum Gasteiger partial charge on any atom is 0.277 e. The van der Waals surface area contributed by atoms with Crippen LogP contribution in [0.5, 0.6) is 0 Å². The van der Waals surface area contributed by atoms with Gasteiger partial charge in [-0.15, -0.1) is 0 Å². The van der Waals surface area contributed by atoms with Crippen LogP contribution in [-0.4, -0.2) is 44.9 Å². The van der Waals surface area contributed by atoms with Crippen molar-refractivity contribution in [2.75, 3.05) is 6.54 Å². The first-order chi connectivity index (χ1) is 17.7. The molecule has 1 atom stereocenters. The fourth-order valence-electron chi connectivity index (χ4n) is 4.19. The van der Waals surface area contributed by atoms with E-state index >= 15 is 0 Å². The molecule has 3 aromatic carbocycles. The van der Waals surface area contributed by atoms with Crippen molar-refractivity contribution in [2.45, 2.75) is 25.8 Å². The second-order valence-corrected chi connectivity index (χ2v) is 8.53. The normalized spacial score (nSPS) is 15.3. The Labute approximate surface area is 211 Å². The highest BCUT2D eigenvalue weighted by Gasteiger charge is 2.35. The molecular formula is C26H23N5O6. The van der Waals surface area contributed by atoms with E-state index in [1.165, 1.54) is 4.90 Å². The fourth-order valence-corrected chi connectivity index (χ4v) is 4.19. The number of rotatable bonds is 7. The van der Waals surface area contributed by atoms with Crippen molar-refractivity contribution < 1.29 is 19.4 Å². The third-order valence-electron chi connectivity index (χ3n) is 6.13. The fraction of sp³-hybridized carbons (Fsp3) is 0.192. The largest absolute Gasteiger partial charge is 0.327 e. The zero-order chi connectivity index (χ0) is 26.5. The lowest BCUT2D eigenvalue weighted by atomic mass is 10.0. The van der Waals surface area contributed by atoms with Crippen LogP contribution in [0.3, 0.4) is 0 Å². The average molecular weight is 501 g/mol. The zero-order valence-electron chi connectivity index (χ0n) is 19.9. The first kappa shape index (κ1) is 25.2. The van der Waals surface area contributed by atoms with Gasteiger partial charge in [-0.1, -0.05) is 54.6 Å². The number of nitro groups is 2. The molecule has 0 aromatic heterocycles.